The van der Waals surface area contributed by atoms with Crippen LogP contribution in [0.2, 0.25) is 5.02 Å². The standard InChI is InChI=1S/C24H20ClF3O6S/c1-3-15-4-8-18(9-5-15)35(30,31)22-11-7-17(13-21(22)33-14-23(29)32-2)34-20-10-6-16(12-19(20)25)24(26,27)28/h4-13H,3,14H2,1-2H3. The van der Waals surface area contributed by atoms with Gasteiger partial charge in [0.05, 0.1) is 22.6 Å². The predicted molar refractivity (Wildman–Crippen MR) is 122 cm³/mol. The van der Waals surface area contributed by atoms with Crippen molar-refractivity contribution in [3.05, 3.63) is 76.8 Å². The molecule has 0 unspecified atom stereocenters. The number of hydrogen-bond donors (Lipinski definition) is 0. The number of esters is 1. The van der Waals surface area contributed by atoms with Crippen molar-refractivity contribution in [2.45, 2.75) is 29.3 Å². The summed E-state index contributed by atoms with van der Waals surface area (Å²) >= 11 is 5.94. The van der Waals surface area contributed by atoms with Crippen molar-refractivity contribution >= 4 is 27.4 Å². The van der Waals surface area contributed by atoms with Gasteiger partial charge in [-0.15, -0.1) is 0 Å². The van der Waals surface area contributed by atoms with Crippen LogP contribution in [0.4, 0.5) is 13.2 Å². The molecule has 0 radical (unpaired) electrons. The first-order valence-electron chi connectivity index (χ1n) is 10.2. The van der Waals surface area contributed by atoms with Gasteiger partial charge >= 0.3 is 12.1 Å². The van der Waals surface area contributed by atoms with E-state index in [2.05, 4.69) is 4.74 Å². The zero-order valence-electron chi connectivity index (χ0n) is 18.6. The first-order chi connectivity index (χ1) is 16.5. The fraction of sp³-hybridized carbons (Fsp3) is 0.208. The van der Waals surface area contributed by atoms with Crippen LogP contribution in [0.15, 0.2) is 70.5 Å². The monoisotopic (exact) mass is 528 g/mol. The third kappa shape index (κ3) is 6.26. The number of aryl methyl sites for hydroxylation is 1. The van der Waals surface area contributed by atoms with Crippen molar-refractivity contribution in [2.24, 2.45) is 0 Å². The lowest BCUT2D eigenvalue weighted by Crippen LogP contribution is -2.14. The van der Waals surface area contributed by atoms with E-state index >= 15 is 0 Å². The van der Waals surface area contributed by atoms with E-state index in [-0.39, 0.29) is 32.1 Å². The highest BCUT2D eigenvalue weighted by Gasteiger charge is 2.31. The average Bonchev–Trinajstić information content (AvgIpc) is 2.83. The lowest BCUT2D eigenvalue weighted by atomic mass is 10.2. The van der Waals surface area contributed by atoms with E-state index in [1.54, 1.807) is 12.1 Å². The molecule has 0 saturated carbocycles. The van der Waals surface area contributed by atoms with Gasteiger partial charge in [0.1, 0.15) is 22.1 Å². The van der Waals surface area contributed by atoms with Crippen LogP contribution < -0.4 is 9.47 Å². The summed E-state index contributed by atoms with van der Waals surface area (Å²) in [7, 11) is -2.91. The number of hydrogen-bond acceptors (Lipinski definition) is 6. The van der Waals surface area contributed by atoms with Crippen LogP contribution in [0.3, 0.4) is 0 Å². The molecule has 0 N–H and O–H groups in total. The molecule has 3 aromatic rings. The van der Waals surface area contributed by atoms with Crippen molar-refractivity contribution in [1.29, 1.82) is 0 Å². The van der Waals surface area contributed by atoms with Crippen LogP contribution in [-0.4, -0.2) is 28.1 Å². The van der Waals surface area contributed by atoms with Gasteiger partial charge in [-0.25, -0.2) is 13.2 Å². The molecule has 0 spiro atoms. The molecular weight excluding hydrogens is 509 g/mol. The molecule has 0 aliphatic heterocycles. The van der Waals surface area contributed by atoms with Gasteiger partial charge in [0.15, 0.2) is 6.61 Å². The summed E-state index contributed by atoms with van der Waals surface area (Å²) in [5, 5.41) is -0.301. The van der Waals surface area contributed by atoms with Gasteiger partial charge in [0, 0.05) is 6.07 Å². The Morgan fingerprint density at radius 3 is 2.23 bits per heavy atom. The highest BCUT2D eigenvalue weighted by molar-refractivity contribution is 7.91. The SMILES string of the molecule is CCc1ccc(S(=O)(=O)c2ccc(Oc3ccc(C(F)(F)F)cc3Cl)cc2OCC(=O)OC)cc1. The van der Waals surface area contributed by atoms with E-state index in [0.717, 1.165) is 31.2 Å². The molecule has 0 heterocycles. The topological polar surface area (TPSA) is 78.9 Å². The van der Waals surface area contributed by atoms with Crippen LogP contribution in [0.5, 0.6) is 17.2 Å². The molecule has 0 amide bonds. The molecule has 0 atom stereocenters. The van der Waals surface area contributed by atoms with E-state index in [1.807, 2.05) is 6.92 Å². The first kappa shape index (κ1) is 26.4. The second-order valence-corrected chi connectivity index (χ2v) is 9.54. The molecule has 6 nitrogen and oxygen atoms in total. The Balaban J connectivity index is 1.99. The molecule has 0 bridgehead atoms. The van der Waals surface area contributed by atoms with Gasteiger partial charge in [-0.1, -0.05) is 30.7 Å². The number of rotatable bonds is 8. The number of methoxy groups -OCH3 is 1. The minimum absolute atomic E-state index is 0.0112. The second kappa shape index (κ2) is 10.6. The number of sulfone groups is 1. The summed E-state index contributed by atoms with van der Waals surface area (Å²) in [6, 6.07) is 12.6. The number of alkyl halides is 3. The molecule has 11 heteroatoms. The van der Waals surface area contributed by atoms with E-state index in [9.17, 15) is 26.4 Å². The molecule has 0 aliphatic rings. The van der Waals surface area contributed by atoms with Crippen molar-refractivity contribution < 1.29 is 40.6 Å². The summed E-state index contributed by atoms with van der Waals surface area (Å²) < 4.78 is 80.7. The molecule has 35 heavy (non-hydrogen) atoms. The van der Waals surface area contributed by atoms with Crippen molar-refractivity contribution in [1.82, 2.24) is 0 Å². The maximum Gasteiger partial charge on any atom is 0.416 e. The molecule has 0 aliphatic carbocycles. The number of ether oxygens (including phenoxy) is 3. The first-order valence-corrected chi connectivity index (χ1v) is 12.0. The van der Waals surface area contributed by atoms with E-state index in [4.69, 9.17) is 21.1 Å². The Kier molecular flexibility index (Phi) is 7.97. The molecule has 186 valence electrons. The third-order valence-corrected chi connectivity index (χ3v) is 7.01. The smallest absolute Gasteiger partial charge is 0.416 e. The Hall–Kier alpha value is -3.24. The quantitative estimate of drug-likeness (QED) is 0.329. The van der Waals surface area contributed by atoms with Gasteiger partial charge in [-0.2, -0.15) is 13.2 Å². The number of carbonyl (C=O) groups excluding carboxylic acids is 1. The Morgan fingerprint density at radius 2 is 1.66 bits per heavy atom. The van der Waals surface area contributed by atoms with Gasteiger partial charge in [-0.05, 0) is 54.4 Å². The maximum atomic E-state index is 13.3. The number of carbonyl (C=O) groups is 1. The Bertz CT molecular complexity index is 1320. The molecule has 3 aromatic carbocycles. The summed E-state index contributed by atoms with van der Waals surface area (Å²) in [4.78, 5) is 11.4. The Morgan fingerprint density at radius 1 is 0.971 bits per heavy atom. The average molecular weight is 529 g/mol. The van der Waals surface area contributed by atoms with Crippen LogP contribution in [0.1, 0.15) is 18.1 Å². The lowest BCUT2D eigenvalue weighted by molar-refractivity contribution is -0.143. The number of halogens is 4. The number of benzene rings is 3. The van der Waals surface area contributed by atoms with E-state index < -0.39 is 34.2 Å². The minimum Gasteiger partial charge on any atom is -0.480 e. The minimum atomic E-state index is -4.58. The molecule has 0 aromatic heterocycles. The molecule has 3 rings (SSSR count). The Labute approximate surface area is 205 Å². The fourth-order valence-corrected chi connectivity index (χ4v) is 4.60. The summed E-state index contributed by atoms with van der Waals surface area (Å²) in [5.74, 6) is -1.04. The highest BCUT2D eigenvalue weighted by atomic mass is 35.5. The van der Waals surface area contributed by atoms with Crippen LogP contribution >= 0.6 is 11.6 Å². The highest BCUT2D eigenvalue weighted by Crippen LogP contribution is 2.38. The fourth-order valence-electron chi connectivity index (χ4n) is 3.00. The third-order valence-electron chi connectivity index (χ3n) is 4.91. The predicted octanol–water partition coefficient (Wildman–Crippen LogP) is 6.10. The van der Waals surface area contributed by atoms with Crippen molar-refractivity contribution in [3.63, 3.8) is 0 Å². The summed E-state index contributed by atoms with van der Waals surface area (Å²) in [5.41, 5.74) is -0.00392. The normalized spacial score (nSPS) is 11.7. The zero-order valence-corrected chi connectivity index (χ0v) is 20.1. The van der Waals surface area contributed by atoms with Crippen molar-refractivity contribution in [3.8, 4) is 17.2 Å². The second-order valence-electron chi connectivity index (χ2n) is 7.22. The molecule has 0 saturated heterocycles. The van der Waals surface area contributed by atoms with Crippen LogP contribution in [0.25, 0.3) is 0 Å². The van der Waals surface area contributed by atoms with Gasteiger partial charge < -0.3 is 14.2 Å². The van der Waals surface area contributed by atoms with Crippen molar-refractivity contribution in [2.75, 3.05) is 13.7 Å². The van der Waals surface area contributed by atoms with Gasteiger partial charge in [0.25, 0.3) is 0 Å². The van der Waals surface area contributed by atoms with Gasteiger partial charge in [-0.3, -0.25) is 0 Å². The summed E-state index contributed by atoms with van der Waals surface area (Å²) in [6.07, 6.45) is -3.85. The summed E-state index contributed by atoms with van der Waals surface area (Å²) in [6.45, 7) is 1.35. The lowest BCUT2D eigenvalue weighted by Gasteiger charge is -2.15. The van der Waals surface area contributed by atoms with Crippen LogP contribution in [0, 0.1) is 0 Å². The van der Waals surface area contributed by atoms with E-state index in [1.165, 1.54) is 30.3 Å². The molecular formula is C24H20ClF3O6S. The van der Waals surface area contributed by atoms with E-state index in [0.29, 0.717) is 6.07 Å². The maximum absolute atomic E-state index is 13.3. The molecule has 0 fully saturated rings. The zero-order chi connectivity index (χ0) is 25.8. The van der Waals surface area contributed by atoms with Crippen LogP contribution in [-0.2, 0) is 32.0 Å². The van der Waals surface area contributed by atoms with Gasteiger partial charge in [0.2, 0.25) is 9.84 Å². The largest absolute Gasteiger partial charge is 0.480 e.